The van der Waals surface area contributed by atoms with E-state index in [2.05, 4.69) is 44.5 Å². The molecule has 2 rings (SSSR count). The topological polar surface area (TPSA) is 21.1 Å². The van der Waals surface area contributed by atoms with Crippen molar-refractivity contribution in [3.05, 3.63) is 15.9 Å². The van der Waals surface area contributed by atoms with Crippen LogP contribution >= 0.6 is 27.5 Å². The second-order valence-corrected chi connectivity index (χ2v) is 6.53. The Bertz CT molecular complexity index is 419. The number of hydrogen-bond acceptors (Lipinski definition) is 2. The van der Waals surface area contributed by atoms with Gasteiger partial charge in [-0.1, -0.05) is 6.92 Å². The molecule has 0 bridgehead atoms. The van der Waals surface area contributed by atoms with Crippen molar-refractivity contribution in [2.24, 2.45) is 5.92 Å². The quantitative estimate of drug-likeness (QED) is 0.790. The number of hydrogen-bond donors (Lipinski definition) is 0. The van der Waals surface area contributed by atoms with Gasteiger partial charge in [-0.15, -0.1) is 11.6 Å². The number of halogens is 2. The predicted molar refractivity (Wildman–Crippen MR) is 79.0 cm³/mol. The molecule has 5 heteroatoms. The van der Waals surface area contributed by atoms with Gasteiger partial charge in [-0.05, 0) is 48.7 Å². The van der Waals surface area contributed by atoms with Crippen LogP contribution in [0, 0.1) is 12.8 Å². The lowest BCUT2D eigenvalue weighted by Gasteiger charge is -2.34. The van der Waals surface area contributed by atoms with E-state index in [4.69, 9.17) is 11.6 Å². The van der Waals surface area contributed by atoms with Gasteiger partial charge in [0.05, 0.1) is 15.9 Å². The lowest BCUT2D eigenvalue weighted by atomic mass is 9.99. The highest BCUT2D eigenvalue weighted by atomic mass is 79.9. The van der Waals surface area contributed by atoms with Crippen LogP contribution in [0.1, 0.15) is 31.7 Å². The van der Waals surface area contributed by atoms with E-state index in [1.165, 1.54) is 5.69 Å². The molecule has 1 aromatic rings. The summed E-state index contributed by atoms with van der Waals surface area (Å²) in [4.78, 5) is 2.48. The monoisotopic (exact) mass is 333 g/mol. The number of likely N-dealkylation sites (tertiary alicyclic amines) is 1. The van der Waals surface area contributed by atoms with Gasteiger partial charge in [-0.3, -0.25) is 9.58 Å². The molecule has 2 heterocycles. The average molecular weight is 335 g/mol. The van der Waals surface area contributed by atoms with Crippen LogP contribution < -0.4 is 0 Å². The molecule has 0 saturated carbocycles. The number of aryl methyl sites for hydroxylation is 2. The summed E-state index contributed by atoms with van der Waals surface area (Å²) in [6.07, 6.45) is 1.08. The lowest BCUT2D eigenvalue weighted by Crippen LogP contribution is -2.39. The van der Waals surface area contributed by atoms with Crippen LogP contribution in [0.2, 0.25) is 0 Å². The highest BCUT2D eigenvalue weighted by Crippen LogP contribution is 2.26. The third kappa shape index (κ3) is 2.91. The summed E-state index contributed by atoms with van der Waals surface area (Å²) in [5, 5.41) is 4.88. The first-order chi connectivity index (χ1) is 8.52. The van der Waals surface area contributed by atoms with E-state index in [1.807, 2.05) is 6.92 Å². The Morgan fingerprint density at radius 3 is 2.83 bits per heavy atom. The van der Waals surface area contributed by atoms with Crippen molar-refractivity contribution in [1.82, 2.24) is 14.7 Å². The molecule has 102 valence electrons. The van der Waals surface area contributed by atoms with Gasteiger partial charge in [0.15, 0.2) is 0 Å². The van der Waals surface area contributed by atoms with Crippen molar-refractivity contribution in [2.45, 2.75) is 45.7 Å². The number of rotatable bonds is 3. The zero-order valence-corrected chi connectivity index (χ0v) is 13.6. The van der Waals surface area contributed by atoms with Crippen molar-refractivity contribution in [1.29, 1.82) is 0 Å². The van der Waals surface area contributed by atoms with E-state index in [1.54, 1.807) is 0 Å². The van der Waals surface area contributed by atoms with E-state index in [-0.39, 0.29) is 0 Å². The maximum Gasteiger partial charge on any atom is 0.0739 e. The number of aromatic nitrogens is 2. The smallest absolute Gasteiger partial charge is 0.0739 e. The summed E-state index contributed by atoms with van der Waals surface area (Å²) >= 11 is 9.94. The molecule has 0 aromatic carbocycles. The van der Waals surface area contributed by atoms with Crippen molar-refractivity contribution in [2.75, 3.05) is 13.1 Å². The standard InChI is InChI=1S/C13H21BrClN3/c1-4-18-12(13(14)10(3)16-18)8-17-6-5-11(15)9(2)7-17/h9,11H,4-8H2,1-3H3. The Labute approximate surface area is 123 Å². The zero-order valence-electron chi connectivity index (χ0n) is 11.3. The molecule has 1 aliphatic heterocycles. The minimum absolute atomic E-state index is 0.336. The fraction of sp³-hybridized carbons (Fsp3) is 0.769. The van der Waals surface area contributed by atoms with E-state index >= 15 is 0 Å². The first-order valence-corrected chi connectivity index (χ1v) is 7.84. The van der Waals surface area contributed by atoms with E-state index in [9.17, 15) is 0 Å². The minimum atomic E-state index is 0.336. The molecular formula is C13H21BrClN3. The van der Waals surface area contributed by atoms with Crippen molar-refractivity contribution >= 4 is 27.5 Å². The summed E-state index contributed by atoms with van der Waals surface area (Å²) in [7, 11) is 0. The normalized spacial score (nSPS) is 25.6. The van der Waals surface area contributed by atoms with Gasteiger partial charge in [0.2, 0.25) is 0 Å². The molecule has 2 unspecified atom stereocenters. The van der Waals surface area contributed by atoms with Crippen molar-refractivity contribution in [3.8, 4) is 0 Å². The van der Waals surface area contributed by atoms with Crippen LogP contribution in [-0.4, -0.2) is 33.1 Å². The van der Waals surface area contributed by atoms with Gasteiger partial charge in [0, 0.05) is 25.0 Å². The highest BCUT2D eigenvalue weighted by Gasteiger charge is 2.25. The summed E-state index contributed by atoms with van der Waals surface area (Å²) in [6.45, 7) is 10.5. The van der Waals surface area contributed by atoms with Crippen LogP contribution in [-0.2, 0) is 13.1 Å². The molecule has 0 spiro atoms. The largest absolute Gasteiger partial charge is 0.297 e. The van der Waals surface area contributed by atoms with E-state index in [0.29, 0.717) is 11.3 Å². The van der Waals surface area contributed by atoms with Gasteiger partial charge in [0.25, 0.3) is 0 Å². The fourth-order valence-corrected chi connectivity index (χ4v) is 3.17. The lowest BCUT2D eigenvalue weighted by molar-refractivity contribution is 0.175. The molecule has 18 heavy (non-hydrogen) atoms. The molecular weight excluding hydrogens is 314 g/mol. The van der Waals surface area contributed by atoms with Crippen molar-refractivity contribution < 1.29 is 0 Å². The fourth-order valence-electron chi connectivity index (χ4n) is 2.58. The average Bonchev–Trinajstić information content (AvgIpc) is 2.61. The number of nitrogens with zero attached hydrogens (tertiary/aromatic N) is 3. The van der Waals surface area contributed by atoms with E-state index in [0.717, 1.165) is 42.8 Å². The number of alkyl halides is 1. The van der Waals surface area contributed by atoms with Gasteiger partial charge in [0.1, 0.15) is 0 Å². The maximum absolute atomic E-state index is 6.28. The number of piperidine rings is 1. The molecule has 0 aliphatic carbocycles. The Hall–Kier alpha value is -0.0600. The maximum atomic E-state index is 6.28. The van der Waals surface area contributed by atoms with Crippen LogP contribution in [0.25, 0.3) is 0 Å². The first kappa shape index (κ1) is 14.4. The van der Waals surface area contributed by atoms with Crippen molar-refractivity contribution in [3.63, 3.8) is 0 Å². The first-order valence-electron chi connectivity index (χ1n) is 6.61. The summed E-state index contributed by atoms with van der Waals surface area (Å²) in [5.41, 5.74) is 2.36. The SMILES string of the molecule is CCn1nc(C)c(Br)c1CN1CCC(Cl)C(C)C1. The van der Waals surface area contributed by atoms with Crippen LogP contribution in [0.15, 0.2) is 4.47 Å². The second-order valence-electron chi connectivity index (χ2n) is 5.18. The molecule has 1 aromatic heterocycles. The molecule has 1 aliphatic rings. The predicted octanol–water partition coefficient (Wildman–Crippen LogP) is 3.42. The van der Waals surface area contributed by atoms with Crippen LogP contribution in [0.5, 0.6) is 0 Å². The summed E-state index contributed by atoms with van der Waals surface area (Å²) < 4.78 is 3.25. The third-order valence-corrected chi connectivity index (χ3v) is 5.39. The van der Waals surface area contributed by atoms with Gasteiger partial charge in [-0.2, -0.15) is 5.10 Å². The molecule has 0 amide bonds. The third-order valence-electron chi connectivity index (χ3n) is 3.71. The van der Waals surface area contributed by atoms with Crippen LogP contribution in [0.4, 0.5) is 0 Å². The Kier molecular flexibility index (Phi) is 4.73. The Morgan fingerprint density at radius 2 is 2.22 bits per heavy atom. The van der Waals surface area contributed by atoms with Crippen LogP contribution in [0.3, 0.4) is 0 Å². The highest BCUT2D eigenvalue weighted by molar-refractivity contribution is 9.10. The molecule has 0 N–H and O–H groups in total. The molecule has 2 atom stereocenters. The summed E-state index contributed by atoms with van der Waals surface area (Å²) in [5.74, 6) is 0.568. The minimum Gasteiger partial charge on any atom is -0.297 e. The van der Waals surface area contributed by atoms with Gasteiger partial charge >= 0.3 is 0 Å². The molecule has 1 fully saturated rings. The summed E-state index contributed by atoms with van der Waals surface area (Å²) in [6, 6.07) is 0. The molecule has 3 nitrogen and oxygen atoms in total. The molecule has 0 radical (unpaired) electrons. The second kappa shape index (κ2) is 5.93. The Morgan fingerprint density at radius 1 is 1.50 bits per heavy atom. The zero-order chi connectivity index (χ0) is 13.3. The Balaban J connectivity index is 2.10. The van der Waals surface area contributed by atoms with E-state index < -0.39 is 0 Å². The van der Waals surface area contributed by atoms with Gasteiger partial charge < -0.3 is 0 Å². The molecule has 1 saturated heterocycles. The van der Waals surface area contributed by atoms with Gasteiger partial charge in [-0.25, -0.2) is 0 Å².